The van der Waals surface area contributed by atoms with Gasteiger partial charge in [0.25, 0.3) is 5.91 Å². The van der Waals surface area contributed by atoms with Crippen LogP contribution in [0.1, 0.15) is 17.4 Å². The summed E-state index contributed by atoms with van der Waals surface area (Å²) in [7, 11) is 0. The Morgan fingerprint density at radius 2 is 2.25 bits per heavy atom. The van der Waals surface area contributed by atoms with Gasteiger partial charge in [0, 0.05) is 5.56 Å². The van der Waals surface area contributed by atoms with Gasteiger partial charge in [0.15, 0.2) is 11.8 Å². The second kappa shape index (κ2) is 4.37. The minimum atomic E-state index is -1.16. The third-order valence-electron chi connectivity index (χ3n) is 2.88. The lowest BCUT2D eigenvalue weighted by Gasteiger charge is -2.23. The van der Waals surface area contributed by atoms with Crippen molar-refractivity contribution in [2.75, 3.05) is 5.32 Å². The molecule has 1 aliphatic rings. The van der Waals surface area contributed by atoms with Crippen molar-refractivity contribution >= 4 is 17.6 Å². The lowest BCUT2D eigenvalue weighted by molar-refractivity contribution is -0.122. The first-order valence-electron chi connectivity index (χ1n) is 5.85. The largest absolute Gasteiger partial charge is 0.479 e. The SMILES string of the molecule is CC1Oc2ccc(-c3nc(C(=O)O)co3)cc2NC1=O. The molecule has 2 aromatic rings. The molecule has 0 aliphatic carbocycles. The molecule has 0 bridgehead atoms. The van der Waals surface area contributed by atoms with Crippen molar-refractivity contribution in [3.63, 3.8) is 0 Å². The van der Waals surface area contributed by atoms with E-state index in [9.17, 15) is 9.59 Å². The van der Waals surface area contributed by atoms with Crippen molar-refractivity contribution in [3.05, 3.63) is 30.2 Å². The van der Waals surface area contributed by atoms with Crippen LogP contribution < -0.4 is 10.1 Å². The number of rotatable bonds is 2. The molecule has 1 atom stereocenters. The molecule has 20 heavy (non-hydrogen) atoms. The van der Waals surface area contributed by atoms with Gasteiger partial charge in [-0.15, -0.1) is 0 Å². The molecule has 0 saturated heterocycles. The van der Waals surface area contributed by atoms with Crippen molar-refractivity contribution in [2.45, 2.75) is 13.0 Å². The van der Waals surface area contributed by atoms with Gasteiger partial charge >= 0.3 is 5.97 Å². The number of aromatic carboxylic acids is 1. The average Bonchev–Trinajstić information content (AvgIpc) is 2.89. The van der Waals surface area contributed by atoms with Gasteiger partial charge in [-0.25, -0.2) is 9.78 Å². The quantitative estimate of drug-likeness (QED) is 0.865. The fraction of sp³-hybridized carbons (Fsp3) is 0.154. The number of aromatic nitrogens is 1. The Hall–Kier alpha value is -2.83. The van der Waals surface area contributed by atoms with Crippen LogP contribution in [0.4, 0.5) is 5.69 Å². The summed E-state index contributed by atoms with van der Waals surface area (Å²) in [6.45, 7) is 1.65. The monoisotopic (exact) mass is 274 g/mol. The Kier molecular flexibility index (Phi) is 2.67. The number of nitrogens with zero attached hydrogens (tertiary/aromatic N) is 1. The average molecular weight is 274 g/mol. The molecule has 7 nitrogen and oxygen atoms in total. The number of carbonyl (C=O) groups is 2. The molecule has 1 amide bonds. The van der Waals surface area contributed by atoms with Crippen molar-refractivity contribution in [1.82, 2.24) is 4.98 Å². The Bertz CT molecular complexity index is 707. The number of fused-ring (bicyclic) bond motifs is 1. The third-order valence-corrected chi connectivity index (χ3v) is 2.88. The number of oxazole rings is 1. The number of ether oxygens (including phenoxy) is 1. The van der Waals surface area contributed by atoms with Crippen LogP contribution >= 0.6 is 0 Å². The lowest BCUT2D eigenvalue weighted by Crippen LogP contribution is -2.34. The zero-order valence-corrected chi connectivity index (χ0v) is 10.4. The van der Waals surface area contributed by atoms with Crippen molar-refractivity contribution in [2.24, 2.45) is 0 Å². The van der Waals surface area contributed by atoms with Crippen molar-refractivity contribution < 1.29 is 23.8 Å². The molecular weight excluding hydrogens is 264 g/mol. The summed E-state index contributed by atoms with van der Waals surface area (Å²) in [5.41, 5.74) is 0.877. The number of benzene rings is 1. The van der Waals surface area contributed by atoms with E-state index in [1.807, 2.05) is 0 Å². The minimum absolute atomic E-state index is 0.165. The molecule has 0 saturated carbocycles. The first kappa shape index (κ1) is 12.2. The summed E-state index contributed by atoms with van der Waals surface area (Å²) < 4.78 is 10.5. The van der Waals surface area contributed by atoms with Gasteiger partial charge in [-0.05, 0) is 25.1 Å². The molecule has 3 rings (SSSR count). The first-order valence-corrected chi connectivity index (χ1v) is 5.85. The van der Waals surface area contributed by atoms with E-state index in [2.05, 4.69) is 10.3 Å². The number of amides is 1. The van der Waals surface area contributed by atoms with Gasteiger partial charge in [0.1, 0.15) is 12.0 Å². The number of anilines is 1. The van der Waals surface area contributed by atoms with Crippen molar-refractivity contribution in [1.29, 1.82) is 0 Å². The normalized spacial score (nSPS) is 17.1. The molecule has 0 fully saturated rings. The molecule has 2 heterocycles. The molecule has 0 radical (unpaired) electrons. The molecule has 2 N–H and O–H groups in total. The summed E-state index contributed by atoms with van der Waals surface area (Å²) in [4.78, 5) is 26.1. The summed E-state index contributed by atoms with van der Waals surface area (Å²) in [6.07, 6.45) is 0.516. The Labute approximate surface area is 113 Å². The van der Waals surface area contributed by atoms with E-state index in [1.54, 1.807) is 25.1 Å². The molecule has 1 unspecified atom stereocenters. The van der Waals surface area contributed by atoms with Crippen LogP contribution in [0.25, 0.3) is 11.5 Å². The predicted molar refractivity (Wildman–Crippen MR) is 67.6 cm³/mol. The molecule has 7 heteroatoms. The zero-order chi connectivity index (χ0) is 14.3. The fourth-order valence-corrected chi connectivity index (χ4v) is 1.85. The first-order chi connectivity index (χ1) is 9.54. The van der Waals surface area contributed by atoms with Gasteiger partial charge in [-0.1, -0.05) is 0 Å². The number of nitrogens with one attached hydrogen (secondary N) is 1. The fourth-order valence-electron chi connectivity index (χ4n) is 1.85. The summed E-state index contributed by atoms with van der Waals surface area (Å²) in [6, 6.07) is 4.97. The lowest BCUT2D eigenvalue weighted by atomic mass is 10.1. The highest BCUT2D eigenvalue weighted by Crippen LogP contribution is 2.33. The Balaban J connectivity index is 1.97. The van der Waals surface area contributed by atoms with E-state index in [-0.39, 0.29) is 17.5 Å². The van der Waals surface area contributed by atoms with Crippen molar-refractivity contribution in [3.8, 4) is 17.2 Å². The van der Waals surface area contributed by atoms with E-state index >= 15 is 0 Å². The predicted octanol–water partition coefficient (Wildman–Crippen LogP) is 1.76. The van der Waals surface area contributed by atoms with E-state index in [4.69, 9.17) is 14.3 Å². The molecule has 1 aromatic heterocycles. The van der Waals surface area contributed by atoms with Gasteiger partial charge < -0.3 is 19.6 Å². The van der Waals surface area contributed by atoms with Crippen LogP contribution in [0.3, 0.4) is 0 Å². The van der Waals surface area contributed by atoms with Gasteiger partial charge in [0.05, 0.1) is 5.69 Å². The smallest absolute Gasteiger partial charge is 0.357 e. The van der Waals surface area contributed by atoms with E-state index in [1.165, 1.54) is 0 Å². The van der Waals surface area contributed by atoms with E-state index in [0.29, 0.717) is 17.0 Å². The van der Waals surface area contributed by atoms with Crippen LogP contribution in [0.2, 0.25) is 0 Å². The highest BCUT2D eigenvalue weighted by molar-refractivity contribution is 5.98. The third kappa shape index (κ3) is 1.99. The standard InChI is InChI=1S/C13H10N2O5/c1-6-11(16)14-8-4-7(2-3-10(8)20-6)12-15-9(5-19-12)13(17)18/h2-6H,1H3,(H,14,16)(H,17,18). The van der Waals surface area contributed by atoms with Crippen LogP contribution in [-0.4, -0.2) is 28.1 Å². The summed E-state index contributed by atoms with van der Waals surface area (Å²) in [5, 5.41) is 11.5. The Morgan fingerprint density at radius 1 is 1.45 bits per heavy atom. The molecule has 1 aromatic carbocycles. The zero-order valence-electron chi connectivity index (χ0n) is 10.4. The number of carboxylic acid groups (broad SMARTS) is 1. The minimum Gasteiger partial charge on any atom is -0.479 e. The number of carbonyl (C=O) groups excluding carboxylic acids is 1. The molecular formula is C13H10N2O5. The van der Waals surface area contributed by atoms with E-state index in [0.717, 1.165) is 6.26 Å². The van der Waals surface area contributed by atoms with Gasteiger partial charge in [-0.2, -0.15) is 0 Å². The molecule has 0 spiro atoms. The Morgan fingerprint density at radius 3 is 2.95 bits per heavy atom. The van der Waals surface area contributed by atoms with Gasteiger partial charge in [-0.3, -0.25) is 4.79 Å². The number of hydrogen-bond donors (Lipinski definition) is 2. The summed E-state index contributed by atoms with van der Waals surface area (Å²) in [5.74, 6) is -0.694. The number of hydrogen-bond acceptors (Lipinski definition) is 5. The highest BCUT2D eigenvalue weighted by Gasteiger charge is 2.24. The van der Waals surface area contributed by atoms with Crippen LogP contribution in [0.15, 0.2) is 28.9 Å². The second-order valence-corrected chi connectivity index (χ2v) is 4.30. The van der Waals surface area contributed by atoms with Crippen LogP contribution in [0.5, 0.6) is 5.75 Å². The second-order valence-electron chi connectivity index (χ2n) is 4.30. The van der Waals surface area contributed by atoms with Crippen LogP contribution in [0, 0.1) is 0 Å². The maximum Gasteiger partial charge on any atom is 0.357 e. The molecule has 102 valence electrons. The summed E-state index contributed by atoms with van der Waals surface area (Å²) >= 11 is 0. The topological polar surface area (TPSA) is 102 Å². The van der Waals surface area contributed by atoms with Gasteiger partial charge in [0.2, 0.25) is 5.89 Å². The highest BCUT2D eigenvalue weighted by atomic mass is 16.5. The number of carboxylic acids is 1. The molecule has 1 aliphatic heterocycles. The van der Waals surface area contributed by atoms with Crippen LogP contribution in [-0.2, 0) is 4.79 Å². The van der Waals surface area contributed by atoms with E-state index < -0.39 is 12.1 Å². The maximum atomic E-state index is 11.5. The maximum absolute atomic E-state index is 11.5.